The van der Waals surface area contributed by atoms with E-state index in [4.69, 9.17) is 13.9 Å². The highest BCUT2D eigenvalue weighted by Gasteiger charge is 2.20. The zero-order valence-corrected chi connectivity index (χ0v) is 19.7. The highest BCUT2D eigenvalue weighted by molar-refractivity contribution is 5.91. The van der Waals surface area contributed by atoms with E-state index in [0.717, 1.165) is 34.8 Å². The van der Waals surface area contributed by atoms with E-state index in [1.807, 2.05) is 36.4 Å². The SMILES string of the molecule is CCC(C)(C)c1ccc(OC)c(Cc2ccc(C(=O)NCCc3ccccc3OC)o2)c1. The van der Waals surface area contributed by atoms with Crippen LogP contribution in [0.2, 0.25) is 0 Å². The molecule has 170 valence electrons. The molecule has 5 heteroatoms. The number of methoxy groups -OCH3 is 2. The number of carbonyl (C=O) groups excluding carboxylic acids is 1. The summed E-state index contributed by atoms with van der Waals surface area (Å²) in [5.41, 5.74) is 3.44. The number of rotatable bonds is 10. The molecule has 0 saturated heterocycles. The summed E-state index contributed by atoms with van der Waals surface area (Å²) in [6, 6.07) is 17.7. The normalized spacial score (nSPS) is 11.3. The van der Waals surface area contributed by atoms with Crippen molar-refractivity contribution in [1.29, 1.82) is 0 Å². The molecule has 0 spiro atoms. The molecular weight excluding hydrogens is 402 g/mol. The molecule has 5 nitrogen and oxygen atoms in total. The first-order valence-corrected chi connectivity index (χ1v) is 11.0. The molecule has 0 radical (unpaired) electrons. The largest absolute Gasteiger partial charge is 0.496 e. The van der Waals surface area contributed by atoms with E-state index in [-0.39, 0.29) is 11.3 Å². The standard InChI is InChI=1S/C27H33NO4/c1-6-27(2,3)21-11-13-24(31-5)20(17-21)18-22-12-14-25(32-22)26(29)28-16-15-19-9-7-8-10-23(19)30-4/h7-14,17H,6,15-16,18H2,1-5H3,(H,28,29). The lowest BCUT2D eigenvalue weighted by atomic mass is 9.81. The minimum absolute atomic E-state index is 0.0800. The summed E-state index contributed by atoms with van der Waals surface area (Å²) in [4.78, 5) is 12.5. The van der Waals surface area contributed by atoms with Crippen LogP contribution < -0.4 is 14.8 Å². The van der Waals surface area contributed by atoms with Crippen molar-refractivity contribution in [3.05, 3.63) is 82.8 Å². The van der Waals surface area contributed by atoms with Gasteiger partial charge in [-0.05, 0) is 53.6 Å². The number of benzene rings is 2. The maximum atomic E-state index is 12.5. The minimum Gasteiger partial charge on any atom is -0.496 e. The molecule has 0 bridgehead atoms. The van der Waals surface area contributed by atoms with Crippen LogP contribution in [0.5, 0.6) is 11.5 Å². The third-order valence-electron chi connectivity index (χ3n) is 6.07. The van der Waals surface area contributed by atoms with Gasteiger partial charge in [-0.3, -0.25) is 4.79 Å². The van der Waals surface area contributed by atoms with E-state index in [2.05, 4.69) is 38.2 Å². The monoisotopic (exact) mass is 435 g/mol. The van der Waals surface area contributed by atoms with Crippen molar-refractivity contribution in [2.75, 3.05) is 20.8 Å². The van der Waals surface area contributed by atoms with Crippen LogP contribution in [-0.2, 0) is 18.3 Å². The van der Waals surface area contributed by atoms with Crippen molar-refractivity contribution in [3.8, 4) is 11.5 Å². The van der Waals surface area contributed by atoms with Crippen LogP contribution in [0, 0.1) is 0 Å². The average molecular weight is 436 g/mol. The molecule has 3 aromatic rings. The summed E-state index contributed by atoms with van der Waals surface area (Å²) in [7, 11) is 3.32. The number of hydrogen-bond donors (Lipinski definition) is 1. The lowest BCUT2D eigenvalue weighted by Crippen LogP contribution is -2.25. The zero-order chi connectivity index (χ0) is 23.1. The van der Waals surface area contributed by atoms with Gasteiger partial charge in [-0.15, -0.1) is 0 Å². The van der Waals surface area contributed by atoms with E-state index in [9.17, 15) is 4.79 Å². The maximum absolute atomic E-state index is 12.5. The second kappa shape index (κ2) is 10.4. The van der Waals surface area contributed by atoms with Crippen molar-refractivity contribution in [2.24, 2.45) is 0 Å². The van der Waals surface area contributed by atoms with E-state index in [1.54, 1.807) is 20.3 Å². The van der Waals surface area contributed by atoms with Crippen LogP contribution in [0.3, 0.4) is 0 Å². The average Bonchev–Trinajstić information content (AvgIpc) is 3.28. The summed E-state index contributed by atoms with van der Waals surface area (Å²) in [5.74, 6) is 2.46. The minimum atomic E-state index is -0.223. The summed E-state index contributed by atoms with van der Waals surface area (Å²) >= 11 is 0. The first-order valence-electron chi connectivity index (χ1n) is 11.0. The quantitative estimate of drug-likeness (QED) is 0.454. The number of hydrogen-bond acceptors (Lipinski definition) is 4. The highest BCUT2D eigenvalue weighted by atomic mass is 16.5. The third kappa shape index (κ3) is 5.52. The van der Waals surface area contributed by atoms with Crippen molar-refractivity contribution in [3.63, 3.8) is 0 Å². The summed E-state index contributed by atoms with van der Waals surface area (Å²) < 4.78 is 16.8. The van der Waals surface area contributed by atoms with Gasteiger partial charge in [-0.1, -0.05) is 51.1 Å². The van der Waals surface area contributed by atoms with Gasteiger partial charge in [0.2, 0.25) is 0 Å². The van der Waals surface area contributed by atoms with Gasteiger partial charge in [0.25, 0.3) is 5.91 Å². The molecule has 0 fully saturated rings. The van der Waals surface area contributed by atoms with Gasteiger partial charge in [-0.25, -0.2) is 0 Å². The Hall–Kier alpha value is -3.21. The van der Waals surface area contributed by atoms with Gasteiger partial charge in [0.05, 0.1) is 14.2 Å². The van der Waals surface area contributed by atoms with Crippen molar-refractivity contribution >= 4 is 5.91 Å². The lowest BCUT2D eigenvalue weighted by molar-refractivity contribution is 0.0924. The number of amides is 1. The van der Waals surface area contributed by atoms with E-state index in [0.29, 0.717) is 25.1 Å². The number of ether oxygens (including phenoxy) is 2. The Morgan fingerprint density at radius 1 is 0.969 bits per heavy atom. The first kappa shape index (κ1) is 23.5. The van der Waals surface area contributed by atoms with Crippen LogP contribution in [0.15, 0.2) is 59.0 Å². The Labute approximate surface area is 190 Å². The number of para-hydroxylation sites is 1. The van der Waals surface area contributed by atoms with E-state index >= 15 is 0 Å². The summed E-state index contributed by atoms with van der Waals surface area (Å²) in [5, 5.41) is 2.92. The topological polar surface area (TPSA) is 60.7 Å². The smallest absolute Gasteiger partial charge is 0.287 e. The second-order valence-electron chi connectivity index (χ2n) is 8.52. The van der Waals surface area contributed by atoms with E-state index in [1.165, 1.54) is 5.56 Å². The molecule has 0 saturated carbocycles. The van der Waals surface area contributed by atoms with Crippen molar-refractivity contribution in [1.82, 2.24) is 5.32 Å². The number of nitrogens with one attached hydrogen (secondary N) is 1. The van der Waals surface area contributed by atoms with Gasteiger partial charge in [0, 0.05) is 18.5 Å². The molecule has 0 aliphatic rings. The fraction of sp³-hybridized carbons (Fsp3) is 0.370. The Morgan fingerprint density at radius 3 is 2.41 bits per heavy atom. The van der Waals surface area contributed by atoms with Gasteiger partial charge < -0.3 is 19.2 Å². The molecule has 2 aromatic carbocycles. The predicted octanol–water partition coefficient (Wildman–Crippen LogP) is 5.55. The van der Waals surface area contributed by atoms with Gasteiger partial charge in [0.15, 0.2) is 5.76 Å². The Bertz CT molecular complexity index is 1050. The van der Waals surface area contributed by atoms with Crippen molar-refractivity contribution < 1.29 is 18.7 Å². The molecular formula is C27H33NO4. The van der Waals surface area contributed by atoms with Gasteiger partial charge in [-0.2, -0.15) is 0 Å². The molecule has 32 heavy (non-hydrogen) atoms. The first-order chi connectivity index (χ1) is 15.4. The van der Waals surface area contributed by atoms with Crippen LogP contribution >= 0.6 is 0 Å². The molecule has 1 amide bonds. The third-order valence-corrected chi connectivity index (χ3v) is 6.07. The van der Waals surface area contributed by atoms with Crippen LogP contribution in [0.25, 0.3) is 0 Å². The van der Waals surface area contributed by atoms with Gasteiger partial charge in [0.1, 0.15) is 17.3 Å². The Kier molecular flexibility index (Phi) is 7.62. The fourth-order valence-electron chi connectivity index (χ4n) is 3.63. The fourth-order valence-corrected chi connectivity index (χ4v) is 3.63. The summed E-state index contributed by atoms with van der Waals surface area (Å²) in [6.45, 7) is 7.16. The molecule has 1 heterocycles. The molecule has 1 N–H and O–H groups in total. The molecule has 3 rings (SSSR count). The number of furan rings is 1. The molecule has 0 aliphatic carbocycles. The van der Waals surface area contributed by atoms with Crippen LogP contribution in [-0.4, -0.2) is 26.7 Å². The molecule has 0 unspecified atom stereocenters. The number of carbonyl (C=O) groups is 1. The highest BCUT2D eigenvalue weighted by Crippen LogP contribution is 2.32. The Balaban J connectivity index is 1.65. The van der Waals surface area contributed by atoms with Crippen LogP contribution in [0.4, 0.5) is 0 Å². The second-order valence-corrected chi connectivity index (χ2v) is 8.52. The molecule has 0 atom stereocenters. The van der Waals surface area contributed by atoms with Gasteiger partial charge >= 0.3 is 0 Å². The molecule has 1 aromatic heterocycles. The molecule has 0 aliphatic heterocycles. The summed E-state index contributed by atoms with van der Waals surface area (Å²) in [6.07, 6.45) is 2.28. The lowest BCUT2D eigenvalue weighted by Gasteiger charge is -2.24. The Morgan fingerprint density at radius 2 is 1.69 bits per heavy atom. The maximum Gasteiger partial charge on any atom is 0.287 e. The van der Waals surface area contributed by atoms with Crippen LogP contribution in [0.1, 0.15) is 60.2 Å². The zero-order valence-electron chi connectivity index (χ0n) is 19.7. The van der Waals surface area contributed by atoms with Crippen molar-refractivity contribution in [2.45, 2.75) is 45.4 Å². The van der Waals surface area contributed by atoms with E-state index < -0.39 is 0 Å². The predicted molar refractivity (Wildman–Crippen MR) is 127 cm³/mol.